The highest BCUT2D eigenvalue weighted by atomic mass is 19.2. The first-order chi connectivity index (χ1) is 14.3. The lowest BCUT2D eigenvalue weighted by Gasteiger charge is -2.11. The van der Waals surface area contributed by atoms with E-state index in [4.69, 9.17) is 0 Å². The molecule has 1 aromatic heterocycles. The predicted molar refractivity (Wildman–Crippen MR) is 97.0 cm³/mol. The number of benzene rings is 2. The summed E-state index contributed by atoms with van der Waals surface area (Å²) < 4.78 is 71.5. The molecule has 1 aliphatic carbocycles. The van der Waals surface area contributed by atoms with Crippen molar-refractivity contribution < 1.29 is 31.5 Å². The second-order valence-electron chi connectivity index (χ2n) is 7.13. The lowest BCUT2D eigenvalue weighted by atomic mass is 9.96. The zero-order valence-electron chi connectivity index (χ0n) is 15.3. The molecule has 30 heavy (non-hydrogen) atoms. The van der Waals surface area contributed by atoms with Gasteiger partial charge in [0.05, 0.1) is 0 Å². The molecule has 1 fully saturated rings. The normalized spacial score (nSPS) is 14.4. The van der Waals surface area contributed by atoms with Gasteiger partial charge in [-0.1, -0.05) is 25.0 Å². The van der Waals surface area contributed by atoms with Crippen LogP contribution in [0.3, 0.4) is 0 Å². The molecule has 0 atom stereocenters. The van der Waals surface area contributed by atoms with Crippen molar-refractivity contribution in [2.45, 2.75) is 31.6 Å². The highest BCUT2D eigenvalue weighted by molar-refractivity contribution is 5.94. The van der Waals surface area contributed by atoms with Crippen molar-refractivity contribution in [3.63, 3.8) is 0 Å². The van der Waals surface area contributed by atoms with Gasteiger partial charge in [-0.2, -0.15) is 8.78 Å². The first-order valence-electron chi connectivity index (χ1n) is 9.18. The molecule has 1 heterocycles. The molecular weight excluding hydrogens is 409 g/mol. The highest BCUT2D eigenvalue weighted by Gasteiger charge is 2.29. The third-order valence-electron chi connectivity index (χ3n) is 5.28. The van der Waals surface area contributed by atoms with E-state index < -0.39 is 51.9 Å². The van der Waals surface area contributed by atoms with Crippen LogP contribution < -0.4 is 10.3 Å². The van der Waals surface area contributed by atoms with E-state index >= 15 is 0 Å². The zero-order chi connectivity index (χ0) is 21.6. The SMILES string of the molecule is O=C(Oc1c(F)c(F)c(F)c(F)c1F)c1cc2ccc(C3CCCC3)cc2[nH]c1=O. The third-order valence-corrected chi connectivity index (χ3v) is 5.28. The Bertz CT molecular complexity index is 1200. The minimum atomic E-state index is -2.38. The number of rotatable bonds is 3. The van der Waals surface area contributed by atoms with Crippen molar-refractivity contribution in [3.8, 4) is 5.75 Å². The Morgan fingerprint density at radius 2 is 1.50 bits per heavy atom. The molecule has 9 heteroatoms. The number of aromatic amines is 1. The number of H-pyrrole nitrogens is 1. The van der Waals surface area contributed by atoms with Gasteiger partial charge >= 0.3 is 5.97 Å². The van der Waals surface area contributed by atoms with Gasteiger partial charge in [-0.05, 0) is 41.8 Å². The molecule has 0 unspecified atom stereocenters. The molecule has 1 saturated carbocycles. The topological polar surface area (TPSA) is 59.2 Å². The largest absolute Gasteiger partial charge is 0.416 e. The maximum Gasteiger partial charge on any atom is 0.349 e. The number of halogens is 5. The van der Waals surface area contributed by atoms with Gasteiger partial charge in [0.15, 0.2) is 0 Å². The van der Waals surface area contributed by atoms with Gasteiger partial charge in [-0.3, -0.25) is 4.79 Å². The second-order valence-corrected chi connectivity index (χ2v) is 7.13. The van der Waals surface area contributed by atoms with Crippen molar-refractivity contribution in [3.05, 3.63) is 74.8 Å². The number of aromatic nitrogens is 1. The van der Waals surface area contributed by atoms with Gasteiger partial charge in [0.2, 0.25) is 34.8 Å². The Morgan fingerprint density at radius 3 is 2.13 bits per heavy atom. The number of esters is 1. The van der Waals surface area contributed by atoms with Crippen molar-refractivity contribution in [2.75, 3.05) is 0 Å². The summed E-state index contributed by atoms with van der Waals surface area (Å²) in [5.74, 6) is -14.5. The lowest BCUT2D eigenvalue weighted by Crippen LogP contribution is -2.22. The molecule has 4 nitrogen and oxygen atoms in total. The third kappa shape index (κ3) is 3.34. The van der Waals surface area contributed by atoms with Gasteiger partial charge in [0.25, 0.3) is 5.56 Å². The first-order valence-corrected chi connectivity index (χ1v) is 9.18. The quantitative estimate of drug-likeness (QED) is 0.210. The van der Waals surface area contributed by atoms with Crippen LogP contribution in [0.5, 0.6) is 5.75 Å². The number of ether oxygens (including phenoxy) is 1. The first kappa shape index (κ1) is 20.1. The Labute approximate surface area is 166 Å². The summed E-state index contributed by atoms with van der Waals surface area (Å²) in [6, 6.07) is 6.47. The zero-order valence-corrected chi connectivity index (χ0v) is 15.3. The van der Waals surface area contributed by atoms with Crippen molar-refractivity contribution in [1.82, 2.24) is 4.98 Å². The van der Waals surface area contributed by atoms with Crippen LogP contribution in [-0.2, 0) is 0 Å². The lowest BCUT2D eigenvalue weighted by molar-refractivity contribution is 0.0714. The number of hydrogen-bond acceptors (Lipinski definition) is 3. The molecule has 0 spiro atoms. The molecular formula is C21H14F5NO3. The summed E-state index contributed by atoms with van der Waals surface area (Å²) in [6.45, 7) is 0. The van der Waals surface area contributed by atoms with Crippen LogP contribution in [0.15, 0.2) is 29.1 Å². The summed E-state index contributed by atoms with van der Waals surface area (Å²) in [4.78, 5) is 27.1. The molecule has 0 aliphatic heterocycles. The van der Waals surface area contributed by atoms with E-state index in [2.05, 4.69) is 9.72 Å². The highest BCUT2D eigenvalue weighted by Crippen LogP contribution is 2.35. The molecule has 0 saturated heterocycles. The van der Waals surface area contributed by atoms with E-state index in [9.17, 15) is 31.5 Å². The molecule has 4 rings (SSSR count). The van der Waals surface area contributed by atoms with Crippen molar-refractivity contribution >= 4 is 16.9 Å². The summed E-state index contributed by atoms with van der Waals surface area (Å²) in [7, 11) is 0. The van der Waals surface area contributed by atoms with Crippen LogP contribution in [0, 0.1) is 29.1 Å². The van der Waals surface area contributed by atoms with E-state index in [1.807, 2.05) is 6.07 Å². The van der Waals surface area contributed by atoms with Crippen LogP contribution in [-0.4, -0.2) is 11.0 Å². The Balaban J connectivity index is 1.70. The maximum absolute atomic E-state index is 13.7. The minimum absolute atomic E-state index is 0.386. The second kappa shape index (κ2) is 7.55. The van der Waals surface area contributed by atoms with Gasteiger partial charge in [-0.25, -0.2) is 18.0 Å². The number of hydrogen-bond donors (Lipinski definition) is 1. The molecule has 0 bridgehead atoms. The van der Waals surface area contributed by atoms with E-state index in [0.29, 0.717) is 16.8 Å². The van der Waals surface area contributed by atoms with E-state index in [-0.39, 0.29) is 0 Å². The number of carbonyl (C=O) groups excluding carboxylic acids is 1. The number of fused-ring (bicyclic) bond motifs is 1. The molecule has 2 aromatic carbocycles. The van der Waals surface area contributed by atoms with E-state index in [0.717, 1.165) is 37.3 Å². The number of carbonyl (C=O) groups is 1. The average molecular weight is 423 g/mol. The van der Waals surface area contributed by atoms with Crippen LogP contribution in [0.25, 0.3) is 10.9 Å². The van der Waals surface area contributed by atoms with Crippen LogP contribution in [0.2, 0.25) is 0 Å². The standard InChI is InChI=1S/C21H14F5NO3/c22-14-15(23)17(25)19(18(26)16(14)24)30-21(29)12-7-11-6-5-10(9-3-1-2-4-9)8-13(11)27-20(12)28/h5-9H,1-4H2,(H,27,28). The number of pyridine rings is 1. The number of nitrogens with one attached hydrogen (secondary N) is 1. The van der Waals surface area contributed by atoms with Crippen molar-refractivity contribution in [1.29, 1.82) is 0 Å². The Morgan fingerprint density at radius 1 is 0.900 bits per heavy atom. The fraction of sp³-hybridized carbons (Fsp3) is 0.238. The fourth-order valence-corrected chi connectivity index (χ4v) is 3.71. The average Bonchev–Trinajstić information content (AvgIpc) is 3.28. The molecule has 156 valence electrons. The van der Waals surface area contributed by atoms with E-state index in [1.54, 1.807) is 12.1 Å². The fourth-order valence-electron chi connectivity index (χ4n) is 3.71. The molecule has 0 radical (unpaired) electrons. The minimum Gasteiger partial charge on any atom is -0.416 e. The van der Waals surface area contributed by atoms with E-state index in [1.165, 1.54) is 0 Å². The van der Waals surface area contributed by atoms with Gasteiger partial charge in [0, 0.05) is 5.52 Å². The smallest absolute Gasteiger partial charge is 0.349 e. The van der Waals surface area contributed by atoms with Crippen LogP contribution in [0.4, 0.5) is 22.0 Å². The van der Waals surface area contributed by atoms with Gasteiger partial charge in [-0.15, -0.1) is 0 Å². The maximum atomic E-state index is 13.7. The molecule has 1 N–H and O–H groups in total. The van der Waals surface area contributed by atoms with Gasteiger partial charge in [0.1, 0.15) is 5.56 Å². The summed E-state index contributed by atoms with van der Waals surface area (Å²) >= 11 is 0. The van der Waals surface area contributed by atoms with Crippen LogP contribution >= 0.6 is 0 Å². The summed E-state index contributed by atoms with van der Waals surface area (Å²) in [5.41, 5.74) is -0.0513. The Hall–Kier alpha value is -3.23. The predicted octanol–water partition coefficient (Wildman–Crippen LogP) is 5.10. The van der Waals surface area contributed by atoms with Crippen LogP contribution in [0.1, 0.15) is 47.5 Å². The van der Waals surface area contributed by atoms with Gasteiger partial charge < -0.3 is 9.72 Å². The molecule has 1 aliphatic rings. The molecule has 0 amide bonds. The summed E-state index contributed by atoms with van der Waals surface area (Å²) in [5, 5.41) is 0.445. The monoisotopic (exact) mass is 423 g/mol. The molecule has 3 aromatic rings. The summed E-state index contributed by atoms with van der Waals surface area (Å²) in [6.07, 6.45) is 4.34. The Kier molecular flexibility index (Phi) is 5.05. The van der Waals surface area contributed by atoms with Crippen molar-refractivity contribution in [2.24, 2.45) is 0 Å².